The maximum absolute atomic E-state index is 12.8. The summed E-state index contributed by atoms with van der Waals surface area (Å²) in [6, 6.07) is 9.60. The molecule has 1 saturated heterocycles. The van der Waals surface area contributed by atoms with Gasteiger partial charge in [0.15, 0.2) is 11.8 Å². The van der Waals surface area contributed by atoms with E-state index in [0.29, 0.717) is 32.6 Å². The van der Waals surface area contributed by atoms with E-state index >= 15 is 0 Å². The number of terminal acetylenes is 1. The van der Waals surface area contributed by atoms with E-state index in [9.17, 15) is 4.79 Å². The number of nitrogens with zero attached hydrogens (tertiary/aromatic N) is 2. The lowest BCUT2D eigenvalue weighted by Gasteiger charge is -2.27. The minimum atomic E-state index is -0.617. The maximum Gasteiger partial charge on any atom is 0.253 e. The van der Waals surface area contributed by atoms with Crippen LogP contribution in [0.5, 0.6) is 0 Å². The van der Waals surface area contributed by atoms with Crippen molar-refractivity contribution in [1.29, 1.82) is 0 Å². The first-order valence-corrected chi connectivity index (χ1v) is 9.16. The molecule has 1 N–H and O–H groups in total. The number of amides is 1. The van der Waals surface area contributed by atoms with Gasteiger partial charge in [-0.1, -0.05) is 30.3 Å². The van der Waals surface area contributed by atoms with Crippen molar-refractivity contribution in [1.82, 2.24) is 5.32 Å². The normalized spacial score (nSPS) is 19.5. The number of hydrogen-bond acceptors (Lipinski definition) is 5. The first-order valence-electron chi connectivity index (χ1n) is 9.16. The molecule has 1 unspecified atom stereocenters. The van der Waals surface area contributed by atoms with E-state index in [1.54, 1.807) is 0 Å². The molecule has 0 aromatic heterocycles. The number of rotatable bonds is 9. The van der Waals surface area contributed by atoms with Crippen LogP contribution in [-0.2, 0) is 14.3 Å². The van der Waals surface area contributed by atoms with E-state index in [0.717, 1.165) is 24.8 Å². The Morgan fingerprint density at radius 1 is 1.31 bits per heavy atom. The maximum atomic E-state index is 12.8. The molecule has 2 aliphatic heterocycles. The van der Waals surface area contributed by atoms with Crippen molar-refractivity contribution >= 4 is 5.91 Å². The highest BCUT2D eigenvalue weighted by molar-refractivity contribution is 5.82. The molecule has 0 bridgehead atoms. The Kier molecular flexibility index (Phi) is 6.37. The number of ether oxygens (including phenoxy) is 2. The van der Waals surface area contributed by atoms with Crippen molar-refractivity contribution in [2.24, 2.45) is 10.2 Å². The van der Waals surface area contributed by atoms with Gasteiger partial charge in [0.05, 0.1) is 6.10 Å². The Morgan fingerprint density at radius 3 is 2.69 bits per heavy atom. The Labute approximate surface area is 154 Å². The van der Waals surface area contributed by atoms with Gasteiger partial charge in [-0.25, -0.2) is 0 Å². The fraction of sp³-hybridized carbons (Fsp3) is 0.550. The summed E-state index contributed by atoms with van der Waals surface area (Å²) in [6.07, 6.45) is 8.38. The summed E-state index contributed by atoms with van der Waals surface area (Å²) in [7, 11) is 0. The monoisotopic (exact) mass is 355 g/mol. The van der Waals surface area contributed by atoms with Crippen LogP contribution in [0.25, 0.3) is 0 Å². The summed E-state index contributed by atoms with van der Waals surface area (Å²) in [5.74, 6) is 2.48. The zero-order valence-electron chi connectivity index (χ0n) is 14.9. The highest BCUT2D eigenvalue weighted by Crippen LogP contribution is 2.36. The van der Waals surface area contributed by atoms with Gasteiger partial charge >= 0.3 is 0 Å². The number of carbonyl (C=O) groups excluding carboxylic acids is 1. The SMILES string of the molecule is C#CCCC1(CCNC(=O)C(OC2CCOCC2)c2ccccc2)N=N1. The minimum absolute atomic E-state index is 0.0371. The topological polar surface area (TPSA) is 72.3 Å². The molecule has 6 nitrogen and oxygen atoms in total. The number of benzene rings is 1. The van der Waals surface area contributed by atoms with Crippen LogP contribution < -0.4 is 5.32 Å². The van der Waals surface area contributed by atoms with Crippen LogP contribution in [0.1, 0.15) is 43.8 Å². The molecule has 26 heavy (non-hydrogen) atoms. The average molecular weight is 355 g/mol. The second kappa shape index (κ2) is 8.93. The Hall–Kier alpha value is -2.23. The fourth-order valence-corrected chi connectivity index (χ4v) is 3.07. The van der Waals surface area contributed by atoms with E-state index in [1.165, 1.54) is 0 Å². The molecule has 1 amide bonds. The third-order valence-corrected chi connectivity index (χ3v) is 4.71. The molecule has 1 fully saturated rings. The average Bonchev–Trinajstić information content (AvgIpc) is 3.46. The fourth-order valence-electron chi connectivity index (χ4n) is 3.07. The molecule has 0 aliphatic carbocycles. The van der Waals surface area contributed by atoms with Crippen LogP contribution in [0.4, 0.5) is 0 Å². The van der Waals surface area contributed by atoms with Crippen LogP contribution in [0.2, 0.25) is 0 Å². The van der Waals surface area contributed by atoms with E-state index < -0.39 is 6.10 Å². The van der Waals surface area contributed by atoms with Crippen LogP contribution in [0.15, 0.2) is 40.6 Å². The first-order chi connectivity index (χ1) is 12.7. The largest absolute Gasteiger partial charge is 0.381 e. The molecule has 0 saturated carbocycles. The molecule has 2 aliphatic rings. The quantitative estimate of drug-likeness (QED) is 0.692. The molecular weight excluding hydrogens is 330 g/mol. The van der Waals surface area contributed by atoms with Crippen LogP contribution >= 0.6 is 0 Å². The Bertz CT molecular complexity index is 657. The minimum Gasteiger partial charge on any atom is -0.381 e. The van der Waals surface area contributed by atoms with Crippen molar-refractivity contribution in [3.05, 3.63) is 35.9 Å². The van der Waals surface area contributed by atoms with Crippen LogP contribution in [0.3, 0.4) is 0 Å². The van der Waals surface area contributed by atoms with Gasteiger partial charge in [0.2, 0.25) is 0 Å². The summed E-state index contributed by atoms with van der Waals surface area (Å²) in [5, 5.41) is 11.2. The number of hydrogen-bond donors (Lipinski definition) is 1. The summed E-state index contributed by atoms with van der Waals surface area (Å²) in [6.45, 7) is 1.85. The lowest BCUT2D eigenvalue weighted by molar-refractivity contribution is -0.141. The van der Waals surface area contributed by atoms with Crippen molar-refractivity contribution in [3.63, 3.8) is 0 Å². The van der Waals surface area contributed by atoms with E-state index in [-0.39, 0.29) is 17.7 Å². The summed E-state index contributed by atoms with van der Waals surface area (Å²) in [4.78, 5) is 12.8. The molecule has 138 valence electrons. The van der Waals surface area contributed by atoms with Gasteiger partial charge in [0.1, 0.15) is 0 Å². The molecule has 0 radical (unpaired) electrons. The van der Waals surface area contributed by atoms with Crippen molar-refractivity contribution < 1.29 is 14.3 Å². The first kappa shape index (κ1) is 18.6. The second-order valence-electron chi connectivity index (χ2n) is 6.67. The summed E-state index contributed by atoms with van der Waals surface area (Å²) < 4.78 is 11.5. The predicted octanol–water partition coefficient (Wildman–Crippen LogP) is 3.01. The van der Waals surface area contributed by atoms with Gasteiger partial charge in [0.25, 0.3) is 5.91 Å². The van der Waals surface area contributed by atoms with Crippen molar-refractivity contribution in [2.45, 2.75) is 50.0 Å². The van der Waals surface area contributed by atoms with Crippen molar-refractivity contribution in [2.75, 3.05) is 19.8 Å². The van der Waals surface area contributed by atoms with Gasteiger partial charge in [0, 0.05) is 39.0 Å². The van der Waals surface area contributed by atoms with E-state index in [2.05, 4.69) is 21.5 Å². The highest BCUT2D eigenvalue weighted by Gasteiger charge is 2.39. The van der Waals surface area contributed by atoms with Gasteiger partial charge < -0.3 is 14.8 Å². The summed E-state index contributed by atoms with van der Waals surface area (Å²) in [5.41, 5.74) is 0.475. The Morgan fingerprint density at radius 2 is 2.04 bits per heavy atom. The van der Waals surface area contributed by atoms with Crippen molar-refractivity contribution in [3.8, 4) is 12.3 Å². The molecule has 1 aromatic rings. The molecular formula is C20H25N3O3. The van der Waals surface area contributed by atoms with Gasteiger partial charge in [-0.2, -0.15) is 10.2 Å². The summed E-state index contributed by atoms with van der Waals surface area (Å²) >= 11 is 0. The lowest BCUT2D eigenvalue weighted by atomic mass is 10.0. The third-order valence-electron chi connectivity index (χ3n) is 4.71. The van der Waals surface area contributed by atoms with Crippen LogP contribution in [0, 0.1) is 12.3 Å². The number of nitrogens with one attached hydrogen (secondary N) is 1. The number of carbonyl (C=O) groups is 1. The molecule has 6 heteroatoms. The smallest absolute Gasteiger partial charge is 0.253 e. The molecule has 2 heterocycles. The lowest BCUT2D eigenvalue weighted by Crippen LogP contribution is -2.36. The molecule has 3 rings (SSSR count). The molecule has 1 aromatic carbocycles. The zero-order valence-corrected chi connectivity index (χ0v) is 14.9. The zero-order chi connectivity index (χ0) is 18.2. The van der Waals surface area contributed by atoms with E-state index in [1.807, 2.05) is 30.3 Å². The Balaban J connectivity index is 1.55. The standard InChI is InChI=1S/C20H25N3O3/c1-2-3-11-20(22-23-20)12-13-21-19(24)18(16-7-5-4-6-8-16)26-17-9-14-25-15-10-17/h1,4-8,17-18H,3,9-15H2,(H,21,24). The van der Waals surface area contributed by atoms with Gasteiger partial charge in [-0.3, -0.25) is 4.79 Å². The predicted molar refractivity (Wildman–Crippen MR) is 97.4 cm³/mol. The van der Waals surface area contributed by atoms with E-state index in [4.69, 9.17) is 15.9 Å². The second-order valence-corrected chi connectivity index (χ2v) is 6.67. The highest BCUT2D eigenvalue weighted by atomic mass is 16.5. The molecule has 1 atom stereocenters. The van der Waals surface area contributed by atoms with Gasteiger partial charge in [-0.15, -0.1) is 12.3 Å². The van der Waals surface area contributed by atoms with Crippen LogP contribution in [-0.4, -0.2) is 37.4 Å². The van der Waals surface area contributed by atoms with Gasteiger partial charge in [-0.05, 0) is 18.4 Å². The molecule has 0 spiro atoms. The third kappa shape index (κ3) is 5.13.